The molecule has 1 aromatic heterocycles. The van der Waals surface area contributed by atoms with Crippen LogP contribution in [0.4, 0.5) is 0 Å². The number of aromatic nitrogens is 1. The number of nitrogens with zero attached hydrogens (tertiary/aromatic N) is 2. The van der Waals surface area contributed by atoms with Crippen molar-refractivity contribution in [2.45, 2.75) is 44.8 Å². The number of hydrogen-bond donors (Lipinski definition) is 2. The summed E-state index contributed by atoms with van der Waals surface area (Å²) in [5.41, 5.74) is 0.992. The van der Waals surface area contributed by atoms with Crippen molar-refractivity contribution in [2.24, 2.45) is 0 Å². The Morgan fingerprint density at radius 2 is 2.40 bits per heavy atom. The summed E-state index contributed by atoms with van der Waals surface area (Å²) in [6.45, 7) is 3.10. The van der Waals surface area contributed by atoms with Gasteiger partial charge in [0.1, 0.15) is 0 Å². The Balaban J connectivity index is 1.83. The summed E-state index contributed by atoms with van der Waals surface area (Å²) in [6.07, 6.45) is 6.65. The Labute approximate surface area is 120 Å². The predicted octanol–water partition coefficient (Wildman–Crippen LogP) is 0.933. The maximum absolute atomic E-state index is 12.0. The van der Waals surface area contributed by atoms with Gasteiger partial charge in [0.2, 0.25) is 5.91 Å². The number of pyridine rings is 1. The van der Waals surface area contributed by atoms with E-state index in [0.717, 1.165) is 24.8 Å². The molecule has 20 heavy (non-hydrogen) atoms. The molecule has 0 bridgehead atoms. The molecule has 110 valence electrons. The van der Waals surface area contributed by atoms with E-state index < -0.39 is 0 Å². The average Bonchev–Trinajstić information content (AvgIpc) is 2.48. The molecule has 1 aliphatic rings. The summed E-state index contributed by atoms with van der Waals surface area (Å²) in [5, 5.41) is 12.3. The van der Waals surface area contributed by atoms with Crippen molar-refractivity contribution in [3.8, 4) is 0 Å². The van der Waals surface area contributed by atoms with Crippen molar-refractivity contribution < 1.29 is 9.90 Å². The number of carbonyl (C=O) groups excluding carboxylic acids is 1. The highest BCUT2D eigenvalue weighted by Gasteiger charge is 2.28. The van der Waals surface area contributed by atoms with Gasteiger partial charge in [-0.1, -0.05) is 12.5 Å². The summed E-state index contributed by atoms with van der Waals surface area (Å²) >= 11 is 0. The monoisotopic (exact) mass is 277 g/mol. The van der Waals surface area contributed by atoms with E-state index in [1.54, 1.807) is 12.4 Å². The van der Waals surface area contributed by atoms with Gasteiger partial charge in [-0.15, -0.1) is 0 Å². The Hall–Kier alpha value is -1.46. The molecule has 0 radical (unpaired) electrons. The molecule has 2 heterocycles. The van der Waals surface area contributed by atoms with Gasteiger partial charge in [0.05, 0.1) is 13.2 Å². The van der Waals surface area contributed by atoms with Crippen molar-refractivity contribution in [3.05, 3.63) is 30.1 Å². The van der Waals surface area contributed by atoms with Crippen LogP contribution in [0, 0.1) is 0 Å². The highest BCUT2D eigenvalue weighted by molar-refractivity contribution is 5.78. The lowest BCUT2D eigenvalue weighted by Crippen LogP contribution is -2.51. The number of aliphatic hydroxyl groups excluding tert-OH is 1. The number of nitrogens with one attached hydrogen (secondary N) is 1. The molecule has 2 atom stereocenters. The van der Waals surface area contributed by atoms with Gasteiger partial charge in [-0.25, -0.2) is 0 Å². The minimum absolute atomic E-state index is 0.000975. The average molecular weight is 277 g/mol. The number of likely N-dealkylation sites (tertiary alicyclic amines) is 1. The SMILES string of the molecule is CC1CCCC(CO)N1CC(=O)NCc1cccnc1. The van der Waals surface area contributed by atoms with E-state index >= 15 is 0 Å². The first-order valence-electron chi connectivity index (χ1n) is 7.23. The first kappa shape index (κ1) is 14.9. The Kier molecular flexibility index (Phi) is 5.49. The summed E-state index contributed by atoms with van der Waals surface area (Å²) in [7, 11) is 0. The topological polar surface area (TPSA) is 65.5 Å². The third kappa shape index (κ3) is 4.02. The van der Waals surface area contributed by atoms with E-state index in [1.165, 1.54) is 0 Å². The van der Waals surface area contributed by atoms with Gasteiger partial charge in [0.25, 0.3) is 0 Å². The molecule has 0 aliphatic carbocycles. The van der Waals surface area contributed by atoms with Gasteiger partial charge < -0.3 is 10.4 Å². The van der Waals surface area contributed by atoms with Gasteiger partial charge in [0.15, 0.2) is 0 Å². The second-order valence-corrected chi connectivity index (χ2v) is 5.43. The number of piperidine rings is 1. The van der Waals surface area contributed by atoms with E-state index in [0.29, 0.717) is 19.1 Å². The van der Waals surface area contributed by atoms with Gasteiger partial charge in [-0.2, -0.15) is 0 Å². The molecular formula is C15H23N3O2. The van der Waals surface area contributed by atoms with Crippen molar-refractivity contribution in [2.75, 3.05) is 13.2 Å². The van der Waals surface area contributed by atoms with E-state index in [2.05, 4.69) is 22.1 Å². The molecule has 0 aromatic carbocycles. The molecule has 2 rings (SSSR count). The zero-order valence-electron chi connectivity index (χ0n) is 12.0. The summed E-state index contributed by atoms with van der Waals surface area (Å²) < 4.78 is 0. The zero-order chi connectivity index (χ0) is 14.4. The molecule has 0 saturated carbocycles. The van der Waals surface area contributed by atoms with E-state index in [-0.39, 0.29) is 18.6 Å². The van der Waals surface area contributed by atoms with Gasteiger partial charge >= 0.3 is 0 Å². The second kappa shape index (κ2) is 7.36. The van der Waals surface area contributed by atoms with Gasteiger partial charge in [-0.3, -0.25) is 14.7 Å². The maximum atomic E-state index is 12.0. The lowest BCUT2D eigenvalue weighted by atomic mass is 9.97. The molecule has 5 nitrogen and oxygen atoms in total. The number of carbonyl (C=O) groups is 1. The van der Waals surface area contributed by atoms with Crippen LogP contribution in [-0.4, -0.2) is 46.1 Å². The largest absolute Gasteiger partial charge is 0.395 e. The van der Waals surface area contributed by atoms with Crippen LogP contribution < -0.4 is 5.32 Å². The summed E-state index contributed by atoms with van der Waals surface area (Å²) in [4.78, 5) is 18.2. The molecule has 1 fully saturated rings. The van der Waals surface area contributed by atoms with Crippen LogP contribution in [0.1, 0.15) is 31.7 Å². The first-order valence-corrected chi connectivity index (χ1v) is 7.23. The van der Waals surface area contributed by atoms with Crippen molar-refractivity contribution in [1.29, 1.82) is 0 Å². The normalized spacial score (nSPS) is 23.5. The lowest BCUT2D eigenvalue weighted by Gasteiger charge is -2.39. The van der Waals surface area contributed by atoms with Crippen LogP contribution in [0.15, 0.2) is 24.5 Å². The molecule has 1 aromatic rings. The van der Waals surface area contributed by atoms with Crippen molar-refractivity contribution >= 4 is 5.91 Å². The van der Waals surface area contributed by atoms with E-state index in [1.807, 2.05) is 12.1 Å². The molecule has 5 heteroatoms. The summed E-state index contributed by atoms with van der Waals surface area (Å²) in [6, 6.07) is 4.26. The maximum Gasteiger partial charge on any atom is 0.234 e. The van der Waals surface area contributed by atoms with Crippen LogP contribution in [0.3, 0.4) is 0 Å². The quantitative estimate of drug-likeness (QED) is 0.840. The number of rotatable bonds is 5. The van der Waals surface area contributed by atoms with E-state index in [9.17, 15) is 9.90 Å². The van der Waals surface area contributed by atoms with Crippen LogP contribution >= 0.6 is 0 Å². The van der Waals surface area contributed by atoms with Crippen molar-refractivity contribution in [1.82, 2.24) is 15.2 Å². The van der Waals surface area contributed by atoms with Crippen molar-refractivity contribution in [3.63, 3.8) is 0 Å². The summed E-state index contributed by atoms with van der Waals surface area (Å²) in [5.74, 6) is 0.000975. The van der Waals surface area contributed by atoms with Gasteiger partial charge in [0, 0.05) is 31.0 Å². The fourth-order valence-electron chi connectivity index (χ4n) is 2.75. The molecule has 1 saturated heterocycles. The Bertz CT molecular complexity index is 424. The Morgan fingerprint density at radius 1 is 1.55 bits per heavy atom. The second-order valence-electron chi connectivity index (χ2n) is 5.43. The third-order valence-corrected chi connectivity index (χ3v) is 3.94. The lowest BCUT2D eigenvalue weighted by molar-refractivity contribution is -0.124. The van der Waals surface area contributed by atoms with Crippen LogP contribution in [0.5, 0.6) is 0 Å². The molecule has 2 N–H and O–H groups in total. The molecule has 0 spiro atoms. The zero-order valence-corrected chi connectivity index (χ0v) is 12.0. The molecule has 1 aliphatic heterocycles. The third-order valence-electron chi connectivity index (χ3n) is 3.94. The predicted molar refractivity (Wildman–Crippen MR) is 77.0 cm³/mol. The van der Waals surface area contributed by atoms with Gasteiger partial charge in [-0.05, 0) is 31.4 Å². The van der Waals surface area contributed by atoms with E-state index in [4.69, 9.17) is 0 Å². The molecular weight excluding hydrogens is 254 g/mol. The van der Waals surface area contributed by atoms with Crippen LogP contribution in [0.25, 0.3) is 0 Å². The van der Waals surface area contributed by atoms with Crippen LogP contribution in [0.2, 0.25) is 0 Å². The molecule has 1 amide bonds. The Morgan fingerprint density at radius 3 is 3.10 bits per heavy atom. The number of aliphatic hydroxyl groups is 1. The minimum Gasteiger partial charge on any atom is -0.395 e. The molecule has 2 unspecified atom stereocenters. The minimum atomic E-state index is 0.000975. The fourth-order valence-corrected chi connectivity index (χ4v) is 2.75. The number of hydrogen-bond acceptors (Lipinski definition) is 4. The van der Waals surface area contributed by atoms with Crippen LogP contribution in [-0.2, 0) is 11.3 Å². The smallest absolute Gasteiger partial charge is 0.234 e. The number of amides is 1. The first-order chi connectivity index (χ1) is 9.70. The fraction of sp³-hybridized carbons (Fsp3) is 0.600. The standard InChI is InChI=1S/C15H23N3O2/c1-12-4-2-6-14(11-19)18(12)10-15(20)17-9-13-5-3-7-16-8-13/h3,5,7-8,12,14,19H,2,4,6,9-11H2,1H3,(H,17,20). The highest BCUT2D eigenvalue weighted by atomic mass is 16.3. The highest BCUT2D eigenvalue weighted by Crippen LogP contribution is 2.21.